The second-order valence-electron chi connectivity index (χ2n) is 6.72. The van der Waals surface area contributed by atoms with Crippen molar-refractivity contribution in [3.05, 3.63) is 16.1 Å². The van der Waals surface area contributed by atoms with E-state index in [2.05, 4.69) is 29.5 Å². The van der Waals surface area contributed by atoms with Crippen LogP contribution >= 0.6 is 11.3 Å². The summed E-state index contributed by atoms with van der Waals surface area (Å²) >= 11 is 1.66. The highest BCUT2D eigenvalue weighted by molar-refractivity contribution is 7.91. The van der Waals surface area contributed by atoms with Gasteiger partial charge in [0.1, 0.15) is 0 Å². The van der Waals surface area contributed by atoms with Crippen LogP contribution in [0.25, 0.3) is 0 Å². The number of hydrogen-bond donors (Lipinski definition) is 1. The van der Waals surface area contributed by atoms with Crippen molar-refractivity contribution in [1.29, 1.82) is 0 Å². The van der Waals surface area contributed by atoms with E-state index in [1.807, 2.05) is 11.9 Å². The lowest BCUT2D eigenvalue weighted by molar-refractivity contribution is -0.121. The van der Waals surface area contributed by atoms with Crippen LogP contribution < -0.4 is 5.32 Å². The van der Waals surface area contributed by atoms with Crippen molar-refractivity contribution in [2.45, 2.75) is 45.1 Å². The summed E-state index contributed by atoms with van der Waals surface area (Å²) in [6.07, 6.45) is 1.80. The number of hydrogen-bond acceptors (Lipinski definition) is 6. The van der Waals surface area contributed by atoms with Gasteiger partial charge in [0.05, 0.1) is 22.2 Å². The van der Waals surface area contributed by atoms with Crippen molar-refractivity contribution in [1.82, 2.24) is 15.2 Å². The largest absolute Gasteiger partial charge is 0.356 e. The Morgan fingerprint density at radius 1 is 1.50 bits per heavy atom. The summed E-state index contributed by atoms with van der Waals surface area (Å²) in [4.78, 5) is 18.5. The van der Waals surface area contributed by atoms with Gasteiger partial charge in [-0.05, 0) is 13.5 Å². The number of thiazole rings is 1. The van der Waals surface area contributed by atoms with Gasteiger partial charge in [-0.2, -0.15) is 0 Å². The first kappa shape index (κ1) is 19.3. The topological polar surface area (TPSA) is 79.4 Å². The summed E-state index contributed by atoms with van der Waals surface area (Å²) in [5, 5.41) is 6.09. The molecule has 136 valence electrons. The van der Waals surface area contributed by atoms with Crippen molar-refractivity contribution >= 4 is 27.1 Å². The predicted octanol–water partition coefficient (Wildman–Crippen LogP) is 1.43. The SMILES string of the molecule is CC(C)c1nc(CCNC(=O)CCN(C)[C@H]2CCS(=O)(=O)C2)cs1. The van der Waals surface area contributed by atoms with E-state index < -0.39 is 9.84 Å². The van der Waals surface area contributed by atoms with Gasteiger partial charge in [0.2, 0.25) is 5.91 Å². The molecule has 24 heavy (non-hydrogen) atoms. The van der Waals surface area contributed by atoms with E-state index in [4.69, 9.17) is 0 Å². The summed E-state index contributed by atoms with van der Waals surface area (Å²) in [5.41, 5.74) is 1.03. The van der Waals surface area contributed by atoms with Crippen LogP contribution in [0, 0.1) is 0 Å². The van der Waals surface area contributed by atoms with Gasteiger partial charge in [0.25, 0.3) is 0 Å². The first-order valence-electron chi connectivity index (χ1n) is 8.38. The molecule has 0 aromatic carbocycles. The lowest BCUT2D eigenvalue weighted by atomic mass is 10.2. The Balaban J connectivity index is 1.64. The smallest absolute Gasteiger partial charge is 0.221 e. The fraction of sp³-hybridized carbons (Fsp3) is 0.750. The van der Waals surface area contributed by atoms with E-state index in [1.54, 1.807) is 11.3 Å². The Morgan fingerprint density at radius 2 is 2.25 bits per heavy atom. The molecule has 1 aliphatic heterocycles. The number of nitrogens with zero attached hydrogens (tertiary/aromatic N) is 2. The molecular formula is C16H27N3O3S2. The Hall–Kier alpha value is -0.990. The van der Waals surface area contributed by atoms with Gasteiger partial charge in [-0.3, -0.25) is 4.79 Å². The Morgan fingerprint density at radius 3 is 2.83 bits per heavy atom. The fourth-order valence-electron chi connectivity index (χ4n) is 2.70. The van der Waals surface area contributed by atoms with E-state index in [1.165, 1.54) is 0 Å². The highest BCUT2D eigenvalue weighted by Gasteiger charge is 2.30. The summed E-state index contributed by atoms with van der Waals surface area (Å²) in [7, 11) is -0.986. The zero-order chi connectivity index (χ0) is 17.7. The fourth-order valence-corrected chi connectivity index (χ4v) is 5.38. The molecule has 0 bridgehead atoms. The number of carbonyl (C=O) groups is 1. The molecule has 1 aromatic rings. The van der Waals surface area contributed by atoms with E-state index in [-0.39, 0.29) is 23.5 Å². The number of rotatable bonds is 8. The lowest BCUT2D eigenvalue weighted by Crippen LogP contribution is -2.36. The van der Waals surface area contributed by atoms with Crippen LogP contribution in [0.1, 0.15) is 43.3 Å². The van der Waals surface area contributed by atoms with Gasteiger partial charge in [0.15, 0.2) is 9.84 Å². The molecule has 1 N–H and O–H groups in total. The van der Waals surface area contributed by atoms with Crippen molar-refractivity contribution < 1.29 is 13.2 Å². The third kappa shape index (κ3) is 5.82. The van der Waals surface area contributed by atoms with Gasteiger partial charge < -0.3 is 10.2 Å². The predicted molar refractivity (Wildman–Crippen MR) is 97.2 cm³/mol. The van der Waals surface area contributed by atoms with Gasteiger partial charge >= 0.3 is 0 Å². The number of amides is 1. The molecule has 0 radical (unpaired) electrons. The van der Waals surface area contributed by atoms with E-state index in [9.17, 15) is 13.2 Å². The van der Waals surface area contributed by atoms with Crippen LogP contribution in [0.3, 0.4) is 0 Å². The number of sulfone groups is 1. The third-order valence-electron chi connectivity index (χ3n) is 4.29. The van der Waals surface area contributed by atoms with Crippen molar-refractivity contribution in [2.24, 2.45) is 0 Å². The molecule has 0 aliphatic carbocycles. The molecule has 1 aliphatic rings. The third-order valence-corrected chi connectivity index (χ3v) is 7.23. The molecule has 8 heteroatoms. The average molecular weight is 374 g/mol. The minimum Gasteiger partial charge on any atom is -0.356 e. The highest BCUT2D eigenvalue weighted by atomic mass is 32.2. The molecule has 2 rings (SSSR count). The molecule has 1 fully saturated rings. The summed E-state index contributed by atoms with van der Waals surface area (Å²) in [6.45, 7) is 5.41. The number of carbonyl (C=O) groups excluding carboxylic acids is 1. The van der Waals surface area contributed by atoms with Gasteiger partial charge in [-0.15, -0.1) is 11.3 Å². The van der Waals surface area contributed by atoms with Crippen LogP contribution in [-0.2, 0) is 21.1 Å². The monoisotopic (exact) mass is 373 g/mol. The molecule has 1 atom stereocenters. The molecule has 6 nitrogen and oxygen atoms in total. The lowest BCUT2D eigenvalue weighted by Gasteiger charge is -2.22. The molecule has 0 spiro atoms. The van der Waals surface area contributed by atoms with Crippen molar-refractivity contribution in [2.75, 3.05) is 31.6 Å². The molecule has 1 amide bonds. The van der Waals surface area contributed by atoms with Gasteiger partial charge in [0, 0.05) is 43.3 Å². The van der Waals surface area contributed by atoms with Crippen molar-refractivity contribution in [3.63, 3.8) is 0 Å². The standard InChI is InChI=1S/C16H27N3O3S2/c1-12(2)16-18-13(10-23-16)4-7-17-15(20)5-8-19(3)14-6-9-24(21,22)11-14/h10,12,14H,4-9,11H2,1-3H3,(H,17,20)/t14-/m0/s1. The maximum absolute atomic E-state index is 11.9. The second kappa shape index (κ2) is 8.40. The summed E-state index contributed by atoms with van der Waals surface area (Å²) in [5.74, 6) is 0.920. The maximum atomic E-state index is 11.9. The molecule has 0 saturated carbocycles. The molecule has 0 unspecified atom stereocenters. The minimum atomic E-state index is -2.88. The Kier molecular flexibility index (Phi) is 6.77. The zero-order valence-corrected chi connectivity index (χ0v) is 16.3. The Bertz CT molecular complexity index is 655. The van der Waals surface area contributed by atoms with E-state index in [0.717, 1.165) is 17.1 Å². The maximum Gasteiger partial charge on any atom is 0.221 e. The zero-order valence-electron chi connectivity index (χ0n) is 14.6. The molecular weight excluding hydrogens is 346 g/mol. The number of nitrogens with one attached hydrogen (secondary N) is 1. The summed E-state index contributed by atoms with van der Waals surface area (Å²) in [6, 6.07) is 0.0484. The first-order valence-corrected chi connectivity index (χ1v) is 11.1. The average Bonchev–Trinajstić information content (AvgIpc) is 3.11. The molecule has 2 heterocycles. The second-order valence-corrected chi connectivity index (χ2v) is 9.84. The Labute approximate surface area is 148 Å². The van der Waals surface area contributed by atoms with Crippen LogP contribution in [0.2, 0.25) is 0 Å². The van der Waals surface area contributed by atoms with E-state index >= 15 is 0 Å². The van der Waals surface area contributed by atoms with Crippen LogP contribution in [-0.4, -0.2) is 61.9 Å². The normalized spacial score (nSPS) is 20.0. The summed E-state index contributed by atoms with van der Waals surface area (Å²) < 4.78 is 23.0. The number of aromatic nitrogens is 1. The minimum absolute atomic E-state index is 0.00187. The molecule has 1 saturated heterocycles. The van der Waals surface area contributed by atoms with Gasteiger partial charge in [-0.1, -0.05) is 13.8 Å². The van der Waals surface area contributed by atoms with Crippen molar-refractivity contribution in [3.8, 4) is 0 Å². The molecule has 1 aromatic heterocycles. The van der Waals surface area contributed by atoms with Crippen LogP contribution in [0.15, 0.2) is 5.38 Å². The quantitative estimate of drug-likeness (QED) is 0.746. The van der Waals surface area contributed by atoms with Gasteiger partial charge in [-0.25, -0.2) is 13.4 Å². The highest BCUT2D eigenvalue weighted by Crippen LogP contribution is 2.19. The van der Waals surface area contributed by atoms with E-state index in [0.29, 0.717) is 31.8 Å². The van der Waals surface area contributed by atoms with Crippen LogP contribution in [0.4, 0.5) is 0 Å². The van der Waals surface area contributed by atoms with Crippen LogP contribution in [0.5, 0.6) is 0 Å². The first-order chi connectivity index (χ1) is 11.3.